The molecule has 204 valence electrons. The van der Waals surface area contributed by atoms with Gasteiger partial charge >= 0.3 is 0 Å². The number of sulfonamides is 1. The first-order valence-electron chi connectivity index (χ1n) is 12.0. The third-order valence-corrected chi connectivity index (χ3v) is 8.82. The van der Waals surface area contributed by atoms with Gasteiger partial charge in [0.25, 0.3) is 5.69 Å². The highest BCUT2D eigenvalue weighted by atomic mass is 35.5. The van der Waals surface area contributed by atoms with E-state index < -0.39 is 27.2 Å². The van der Waals surface area contributed by atoms with Crippen LogP contribution in [-0.2, 0) is 32.6 Å². The summed E-state index contributed by atoms with van der Waals surface area (Å²) in [4.78, 5) is 27.7. The molecule has 0 N–H and O–H groups in total. The normalized spacial score (nSPS) is 11.6. The molecule has 0 saturated carbocycles. The number of thiophene rings is 1. The summed E-state index contributed by atoms with van der Waals surface area (Å²) in [5.74, 6) is -0.386. The van der Waals surface area contributed by atoms with E-state index >= 15 is 0 Å². The van der Waals surface area contributed by atoms with E-state index in [9.17, 15) is 23.3 Å². The van der Waals surface area contributed by atoms with Crippen molar-refractivity contribution in [3.63, 3.8) is 0 Å². The van der Waals surface area contributed by atoms with Gasteiger partial charge in [-0.2, -0.15) is 4.31 Å². The molecular weight excluding hydrogens is 550 g/mol. The molecule has 38 heavy (non-hydrogen) atoms. The molecule has 2 aromatic carbocycles. The van der Waals surface area contributed by atoms with Crippen molar-refractivity contribution in [3.05, 3.63) is 91.1 Å². The molecule has 0 spiro atoms. The number of amides is 1. The van der Waals surface area contributed by atoms with E-state index in [2.05, 4.69) is 0 Å². The van der Waals surface area contributed by atoms with Crippen molar-refractivity contribution in [2.24, 2.45) is 0 Å². The van der Waals surface area contributed by atoms with Crippen molar-refractivity contribution in [2.75, 3.05) is 26.3 Å². The first kappa shape index (κ1) is 29.7. The number of carbonyl (C=O) groups is 1. The molecule has 0 unspecified atom stereocenters. The Hall–Kier alpha value is -2.83. The van der Waals surface area contributed by atoms with Gasteiger partial charge in [-0.25, -0.2) is 8.42 Å². The predicted molar refractivity (Wildman–Crippen MR) is 148 cm³/mol. The Kier molecular flexibility index (Phi) is 10.8. The van der Waals surface area contributed by atoms with Gasteiger partial charge in [0.05, 0.1) is 22.9 Å². The molecule has 0 saturated heterocycles. The molecule has 9 nitrogen and oxygen atoms in total. The van der Waals surface area contributed by atoms with Crippen molar-refractivity contribution in [2.45, 2.75) is 38.3 Å². The SMILES string of the molecule is CCOCCCN(CC(=O)N(Cc1ccccc1)Cc1ccc(C)s1)S(=O)(=O)c1ccc(Cl)c([N+](=O)[O-])c1. The van der Waals surface area contributed by atoms with Crippen LogP contribution in [0.25, 0.3) is 0 Å². The van der Waals surface area contributed by atoms with Gasteiger partial charge in [0.1, 0.15) is 5.02 Å². The van der Waals surface area contributed by atoms with Crippen LogP contribution in [-0.4, -0.2) is 54.8 Å². The maximum absolute atomic E-state index is 13.6. The van der Waals surface area contributed by atoms with Crippen LogP contribution >= 0.6 is 22.9 Å². The standard InChI is InChI=1S/C26H30ClN3O6S2/c1-3-36-15-7-14-29(38(34,35)23-12-13-24(27)25(16-23)30(32)33)19-26(31)28(17-21-8-5-4-6-9-21)18-22-11-10-20(2)37-22/h4-6,8-13,16H,3,7,14-15,17-19H2,1-2H3. The topological polar surface area (TPSA) is 110 Å². The number of benzene rings is 2. The second-order valence-corrected chi connectivity index (χ2v) is 12.2. The van der Waals surface area contributed by atoms with Gasteiger partial charge in [0.2, 0.25) is 15.9 Å². The van der Waals surface area contributed by atoms with Crippen molar-refractivity contribution in [3.8, 4) is 0 Å². The van der Waals surface area contributed by atoms with Crippen molar-refractivity contribution in [1.82, 2.24) is 9.21 Å². The van der Waals surface area contributed by atoms with Gasteiger partial charge in [0, 0.05) is 42.1 Å². The van der Waals surface area contributed by atoms with Gasteiger partial charge in [-0.3, -0.25) is 14.9 Å². The fourth-order valence-corrected chi connectivity index (χ4v) is 6.30. The van der Waals surface area contributed by atoms with Crippen molar-refractivity contribution < 1.29 is 22.9 Å². The second kappa shape index (κ2) is 13.8. The number of rotatable bonds is 14. The molecule has 1 amide bonds. The lowest BCUT2D eigenvalue weighted by atomic mass is 10.2. The molecule has 3 rings (SSSR count). The lowest BCUT2D eigenvalue weighted by molar-refractivity contribution is -0.384. The molecule has 1 aromatic heterocycles. The Labute approximate surface area is 231 Å². The molecule has 0 radical (unpaired) electrons. The lowest BCUT2D eigenvalue weighted by Crippen LogP contribution is -2.43. The molecule has 0 fully saturated rings. The van der Waals surface area contributed by atoms with E-state index in [1.54, 1.807) is 16.2 Å². The number of halogens is 1. The van der Waals surface area contributed by atoms with Crippen LogP contribution in [0.2, 0.25) is 5.02 Å². The summed E-state index contributed by atoms with van der Waals surface area (Å²) in [5, 5.41) is 11.2. The number of hydrogen-bond donors (Lipinski definition) is 0. The zero-order valence-corrected chi connectivity index (χ0v) is 23.6. The van der Waals surface area contributed by atoms with Gasteiger partial charge < -0.3 is 9.64 Å². The highest BCUT2D eigenvalue weighted by molar-refractivity contribution is 7.89. The minimum absolute atomic E-state index is 0.00177. The number of nitro benzene ring substituents is 1. The van der Waals surface area contributed by atoms with Crippen LogP contribution in [0.4, 0.5) is 5.69 Å². The first-order chi connectivity index (χ1) is 18.1. The summed E-state index contributed by atoms with van der Waals surface area (Å²) >= 11 is 7.47. The average Bonchev–Trinajstić information content (AvgIpc) is 3.30. The van der Waals surface area contributed by atoms with Crippen molar-refractivity contribution >= 4 is 44.6 Å². The Balaban J connectivity index is 1.91. The van der Waals surface area contributed by atoms with E-state index in [0.717, 1.165) is 25.7 Å². The van der Waals surface area contributed by atoms with Crippen LogP contribution in [0.3, 0.4) is 0 Å². The minimum Gasteiger partial charge on any atom is -0.382 e. The zero-order chi connectivity index (χ0) is 27.7. The summed E-state index contributed by atoms with van der Waals surface area (Å²) in [6.45, 7) is 4.79. The van der Waals surface area contributed by atoms with E-state index in [0.29, 0.717) is 32.7 Å². The van der Waals surface area contributed by atoms with Gasteiger partial charge in [0.15, 0.2) is 0 Å². The molecule has 0 atom stereocenters. The Morgan fingerprint density at radius 1 is 1.11 bits per heavy atom. The van der Waals surface area contributed by atoms with Crippen LogP contribution in [0.5, 0.6) is 0 Å². The number of hydrogen-bond acceptors (Lipinski definition) is 7. The van der Waals surface area contributed by atoms with Gasteiger partial charge in [-0.15, -0.1) is 11.3 Å². The summed E-state index contributed by atoms with van der Waals surface area (Å²) in [6, 6.07) is 16.7. The quantitative estimate of drug-likeness (QED) is 0.146. The maximum atomic E-state index is 13.6. The largest absolute Gasteiger partial charge is 0.382 e. The van der Waals surface area contributed by atoms with Gasteiger partial charge in [-0.1, -0.05) is 41.9 Å². The van der Waals surface area contributed by atoms with E-state index in [-0.39, 0.29) is 22.4 Å². The molecule has 0 bridgehead atoms. The summed E-state index contributed by atoms with van der Waals surface area (Å²) in [5.41, 5.74) is 0.389. The monoisotopic (exact) mass is 579 g/mol. The predicted octanol–water partition coefficient (Wildman–Crippen LogP) is 5.26. The molecule has 0 aliphatic carbocycles. The molecule has 1 heterocycles. The van der Waals surface area contributed by atoms with Crippen LogP contribution in [0.1, 0.15) is 28.7 Å². The average molecular weight is 580 g/mol. The molecule has 0 aliphatic heterocycles. The Morgan fingerprint density at radius 2 is 1.84 bits per heavy atom. The summed E-state index contributed by atoms with van der Waals surface area (Å²) < 4.78 is 33.6. The van der Waals surface area contributed by atoms with Crippen LogP contribution in [0.15, 0.2) is 65.6 Å². The summed E-state index contributed by atoms with van der Waals surface area (Å²) in [7, 11) is -4.26. The van der Waals surface area contributed by atoms with Crippen LogP contribution in [0, 0.1) is 17.0 Å². The zero-order valence-electron chi connectivity index (χ0n) is 21.2. The van der Waals surface area contributed by atoms with E-state index in [1.165, 1.54) is 12.1 Å². The minimum atomic E-state index is -4.26. The summed E-state index contributed by atoms with van der Waals surface area (Å²) in [6.07, 6.45) is 0.346. The maximum Gasteiger partial charge on any atom is 0.289 e. The Morgan fingerprint density at radius 3 is 2.47 bits per heavy atom. The fraction of sp³-hybridized carbons (Fsp3) is 0.346. The van der Waals surface area contributed by atoms with E-state index in [4.69, 9.17) is 16.3 Å². The molecule has 12 heteroatoms. The van der Waals surface area contributed by atoms with Crippen molar-refractivity contribution in [1.29, 1.82) is 0 Å². The number of ether oxygens (including phenoxy) is 1. The highest BCUT2D eigenvalue weighted by Crippen LogP contribution is 2.29. The lowest BCUT2D eigenvalue weighted by Gasteiger charge is -2.27. The van der Waals surface area contributed by atoms with E-state index in [1.807, 2.05) is 56.3 Å². The fourth-order valence-electron chi connectivity index (χ4n) is 3.76. The molecular formula is C26H30ClN3O6S2. The number of nitrogens with zero attached hydrogens (tertiary/aromatic N) is 3. The first-order valence-corrected chi connectivity index (χ1v) is 14.6. The number of aryl methyl sites for hydroxylation is 1. The smallest absolute Gasteiger partial charge is 0.289 e. The third-order valence-electron chi connectivity index (χ3n) is 5.68. The van der Waals surface area contributed by atoms with Crippen LogP contribution < -0.4 is 0 Å². The van der Waals surface area contributed by atoms with Gasteiger partial charge in [-0.05, 0) is 50.1 Å². The number of nitro groups is 1. The molecule has 3 aromatic rings. The highest BCUT2D eigenvalue weighted by Gasteiger charge is 2.30. The molecule has 0 aliphatic rings. The Bertz CT molecular complexity index is 1350. The number of carbonyl (C=O) groups excluding carboxylic acids is 1. The second-order valence-electron chi connectivity index (χ2n) is 8.51. The third kappa shape index (κ3) is 8.08.